The Labute approximate surface area is 206 Å². The lowest BCUT2D eigenvalue weighted by Crippen LogP contribution is -2.55. The summed E-state index contributed by atoms with van der Waals surface area (Å²) in [6, 6.07) is 15.5. The first-order valence-electron chi connectivity index (χ1n) is 12.5. The van der Waals surface area contributed by atoms with E-state index < -0.39 is 23.5 Å². The number of ether oxygens (including phenoxy) is 1. The number of rotatable bonds is 8. The number of aliphatic carboxylic acids is 1. The van der Waals surface area contributed by atoms with Gasteiger partial charge in [0.2, 0.25) is 5.91 Å². The van der Waals surface area contributed by atoms with Crippen molar-refractivity contribution in [2.75, 3.05) is 19.7 Å². The highest BCUT2D eigenvalue weighted by Crippen LogP contribution is 2.44. The van der Waals surface area contributed by atoms with Gasteiger partial charge in [-0.3, -0.25) is 9.59 Å². The number of carbonyl (C=O) groups is 3. The summed E-state index contributed by atoms with van der Waals surface area (Å²) in [6.45, 7) is 4.64. The molecule has 0 saturated carbocycles. The minimum absolute atomic E-state index is 0.0590. The van der Waals surface area contributed by atoms with E-state index in [9.17, 15) is 19.5 Å². The van der Waals surface area contributed by atoms with Gasteiger partial charge in [0.15, 0.2) is 0 Å². The molecule has 2 atom stereocenters. The van der Waals surface area contributed by atoms with Gasteiger partial charge in [-0.25, -0.2) is 4.79 Å². The van der Waals surface area contributed by atoms with Crippen LogP contribution in [0.4, 0.5) is 4.79 Å². The molecule has 4 rings (SSSR count). The van der Waals surface area contributed by atoms with Crippen LogP contribution < -0.4 is 5.32 Å². The van der Waals surface area contributed by atoms with Crippen LogP contribution in [0.1, 0.15) is 63.0 Å². The van der Waals surface area contributed by atoms with Crippen molar-refractivity contribution in [3.63, 3.8) is 0 Å². The molecule has 0 radical (unpaired) electrons. The predicted octanol–water partition coefficient (Wildman–Crippen LogP) is 4.80. The fraction of sp³-hybridized carbons (Fsp3) is 0.464. The lowest BCUT2D eigenvalue weighted by Gasteiger charge is -2.40. The van der Waals surface area contributed by atoms with Crippen molar-refractivity contribution in [3.8, 4) is 11.1 Å². The zero-order valence-corrected chi connectivity index (χ0v) is 20.5. The van der Waals surface area contributed by atoms with Gasteiger partial charge in [-0.05, 0) is 47.9 Å². The van der Waals surface area contributed by atoms with Crippen LogP contribution in [0.25, 0.3) is 11.1 Å². The maximum absolute atomic E-state index is 13.3. The molecule has 2 aromatic carbocycles. The van der Waals surface area contributed by atoms with E-state index in [-0.39, 0.29) is 25.0 Å². The summed E-state index contributed by atoms with van der Waals surface area (Å²) in [6.07, 6.45) is 2.19. The molecule has 2 N–H and O–H groups in total. The van der Waals surface area contributed by atoms with Crippen molar-refractivity contribution in [1.82, 2.24) is 10.2 Å². The molecule has 0 spiro atoms. The molecule has 0 aromatic heterocycles. The van der Waals surface area contributed by atoms with Crippen molar-refractivity contribution >= 4 is 18.0 Å². The molecule has 1 aliphatic heterocycles. The number of likely N-dealkylation sites (tertiary alicyclic amines) is 1. The monoisotopic (exact) mass is 478 g/mol. The zero-order chi connectivity index (χ0) is 25.0. The highest BCUT2D eigenvalue weighted by Gasteiger charge is 2.43. The molecule has 35 heavy (non-hydrogen) atoms. The quantitative estimate of drug-likeness (QED) is 0.568. The number of nitrogens with zero attached hydrogens (tertiary/aromatic N) is 1. The summed E-state index contributed by atoms with van der Waals surface area (Å²) in [5.74, 6) is -1.16. The standard InChI is InChI=1S/C28H34N2O5/c1-3-10-24(25(31)30-16-9-15-28(4-2,18-30)26(32)33)29-27(34)35-17-23-21-13-7-5-11-19(21)20-12-6-8-14-22(20)23/h5-8,11-14,23-24H,3-4,9-10,15-18H2,1-2H3,(H,29,34)(H,32,33)/t24-,28?/m0/s1. The minimum Gasteiger partial charge on any atom is -0.481 e. The third-order valence-corrected chi connectivity index (χ3v) is 7.53. The average molecular weight is 479 g/mol. The van der Waals surface area contributed by atoms with Crippen molar-refractivity contribution < 1.29 is 24.2 Å². The normalized spacial score (nSPS) is 20.0. The van der Waals surface area contributed by atoms with Crippen LogP contribution in [0.15, 0.2) is 48.5 Å². The largest absolute Gasteiger partial charge is 0.481 e. The summed E-state index contributed by atoms with van der Waals surface area (Å²) in [5, 5.41) is 12.5. The van der Waals surface area contributed by atoms with E-state index in [0.717, 1.165) is 22.3 Å². The molecule has 1 heterocycles. The van der Waals surface area contributed by atoms with Crippen LogP contribution in [-0.4, -0.2) is 53.7 Å². The van der Waals surface area contributed by atoms with E-state index in [1.54, 1.807) is 4.90 Å². The molecule has 2 amide bonds. The highest BCUT2D eigenvalue weighted by molar-refractivity contribution is 5.87. The number of hydrogen-bond acceptors (Lipinski definition) is 4. The first-order valence-corrected chi connectivity index (χ1v) is 12.5. The fourth-order valence-corrected chi connectivity index (χ4v) is 5.48. The van der Waals surface area contributed by atoms with Crippen LogP contribution in [0, 0.1) is 5.41 Å². The molecule has 2 aliphatic rings. The van der Waals surface area contributed by atoms with Crippen molar-refractivity contribution in [3.05, 3.63) is 59.7 Å². The van der Waals surface area contributed by atoms with Gasteiger partial charge >= 0.3 is 12.1 Å². The number of alkyl carbamates (subject to hydrolysis) is 1. The zero-order valence-electron chi connectivity index (χ0n) is 20.5. The Balaban J connectivity index is 1.42. The van der Waals surface area contributed by atoms with Gasteiger partial charge in [0.25, 0.3) is 0 Å². The van der Waals surface area contributed by atoms with E-state index in [1.165, 1.54) is 0 Å². The predicted molar refractivity (Wildman–Crippen MR) is 133 cm³/mol. The number of nitrogens with one attached hydrogen (secondary N) is 1. The Hall–Kier alpha value is -3.35. The number of piperidine rings is 1. The summed E-state index contributed by atoms with van der Waals surface area (Å²) in [7, 11) is 0. The number of carbonyl (C=O) groups excluding carboxylic acids is 2. The molecular weight excluding hydrogens is 444 g/mol. The van der Waals surface area contributed by atoms with E-state index >= 15 is 0 Å². The van der Waals surface area contributed by atoms with Crippen molar-refractivity contribution in [1.29, 1.82) is 0 Å². The van der Waals surface area contributed by atoms with E-state index in [4.69, 9.17) is 4.74 Å². The van der Waals surface area contributed by atoms with Crippen molar-refractivity contribution in [2.45, 2.75) is 57.9 Å². The van der Waals surface area contributed by atoms with Crippen LogP contribution in [0.5, 0.6) is 0 Å². The molecule has 186 valence electrons. The molecule has 1 aliphatic carbocycles. The number of carboxylic acids is 1. The average Bonchev–Trinajstić information content (AvgIpc) is 3.20. The van der Waals surface area contributed by atoms with Gasteiger partial charge in [-0.15, -0.1) is 0 Å². The molecule has 7 nitrogen and oxygen atoms in total. The van der Waals surface area contributed by atoms with E-state index in [2.05, 4.69) is 29.6 Å². The van der Waals surface area contributed by atoms with Crippen molar-refractivity contribution in [2.24, 2.45) is 5.41 Å². The molecule has 7 heteroatoms. The Bertz CT molecular complexity index is 1050. The summed E-state index contributed by atoms with van der Waals surface area (Å²) >= 11 is 0. The van der Waals surface area contributed by atoms with Crippen LogP contribution in [0.2, 0.25) is 0 Å². The number of carboxylic acid groups (broad SMARTS) is 1. The van der Waals surface area contributed by atoms with Crippen LogP contribution in [-0.2, 0) is 14.3 Å². The summed E-state index contributed by atoms with van der Waals surface area (Å²) in [4.78, 5) is 39.6. The molecular formula is C28H34N2O5. The minimum atomic E-state index is -0.922. The summed E-state index contributed by atoms with van der Waals surface area (Å²) in [5.41, 5.74) is 3.63. The maximum atomic E-state index is 13.3. The van der Waals surface area contributed by atoms with Gasteiger partial charge in [0, 0.05) is 19.0 Å². The Morgan fingerprint density at radius 3 is 2.29 bits per heavy atom. The van der Waals surface area contributed by atoms with E-state index in [0.29, 0.717) is 38.6 Å². The topological polar surface area (TPSA) is 95.9 Å². The Morgan fingerprint density at radius 1 is 1.09 bits per heavy atom. The Morgan fingerprint density at radius 2 is 1.71 bits per heavy atom. The van der Waals surface area contributed by atoms with E-state index in [1.807, 2.05) is 38.1 Å². The van der Waals surface area contributed by atoms with Gasteiger partial charge in [-0.1, -0.05) is 68.8 Å². The van der Waals surface area contributed by atoms with Gasteiger partial charge in [0.05, 0.1) is 5.41 Å². The number of amides is 2. The molecule has 1 fully saturated rings. The Kier molecular flexibility index (Phi) is 7.43. The molecule has 1 unspecified atom stereocenters. The lowest BCUT2D eigenvalue weighted by atomic mass is 9.77. The molecule has 0 bridgehead atoms. The van der Waals surface area contributed by atoms with Crippen LogP contribution in [0.3, 0.4) is 0 Å². The number of hydrogen-bond donors (Lipinski definition) is 2. The second-order valence-corrected chi connectivity index (χ2v) is 9.61. The lowest BCUT2D eigenvalue weighted by molar-refractivity contribution is -0.155. The third-order valence-electron chi connectivity index (χ3n) is 7.53. The van der Waals surface area contributed by atoms with Gasteiger partial charge < -0.3 is 20.1 Å². The number of benzene rings is 2. The highest BCUT2D eigenvalue weighted by atomic mass is 16.5. The smallest absolute Gasteiger partial charge is 0.407 e. The fourth-order valence-electron chi connectivity index (χ4n) is 5.48. The summed E-state index contributed by atoms with van der Waals surface area (Å²) < 4.78 is 5.64. The molecule has 2 aromatic rings. The van der Waals surface area contributed by atoms with Gasteiger partial charge in [0.1, 0.15) is 12.6 Å². The SMILES string of the molecule is CCC[C@H](NC(=O)OCC1c2ccccc2-c2ccccc21)C(=O)N1CCCC(CC)(C(=O)O)C1. The maximum Gasteiger partial charge on any atom is 0.407 e. The molecule has 1 saturated heterocycles. The van der Waals surface area contributed by atoms with Crippen LogP contribution >= 0.6 is 0 Å². The second kappa shape index (κ2) is 10.5. The van der Waals surface area contributed by atoms with Gasteiger partial charge in [-0.2, -0.15) is 0 Å². The third kappa shape index (κ3) is 4.90. The first kappa shape index (κ1) is 24.8. The second-order valence-electron chi connectivity index (χ2n) is 9.61. The first-order chi connectivity index (χ1) is 16.9. The number of fused-ring (bicyclic) bond motifs is 3.